The van der Waals surface area contributed by atoms with Crippen LogP contribution < -0.4 is 26.6 Å². The second-order valence-corrected chi connectivity index (χ2v) is 20.8. The van der Waals surface area contributed by atoms with E-state index in [1.165, 1.54) is 18.9 Å². The lowest BCUT2D eigenvalue weighted by Gasteiger charge is -2.48. The molecule has 2 aliphatic rings. The maximum Gasteiger partial charge on any atom is 0.329 e. The highest BCUT2D eigenvalue weighted by atomic mass is 32.2. The third-order valence-electron chi connectivity index (χ3n) is 15.0. The number of rotatable bonds is 21. The van der Waals surface area contributed by atoms with E-state index >= 15 is 4.79 Å². The largest absolute Gasteiger partial charge is 0.467 e. The topological polar surface area (TPSA) is 178 Å². The van der Waals surface area contributed by atoms with Gasteiger partial charge in [-0.05, 0) is 45.4 Å². The number of esters is 1. The van der Waals surface area contributed by atoms with Crippen molar-refractivity contribution >= 4 is 47.0 Å². The third kappa shape index (κ3) is 10.7. The number of hydrogen-bond donors (Lipinski definition) is 6. The molecule has 2 heterocycles. The molecule has 4 amide bonds. The van der Waals surface area contributed by atoms with Gasteiger partial charge in [-0.25, -0.2) is 4.79 Å². The van der Waals surface area contributed by atoms with Crippen LogP contribution in [0.2, 0.25) is 0 Å². The molecule has 7 aromatic carbocycles. The number of ether oxygens (including phenoxy) is 1. The fourth-order valence-corrected chi connectivity index (χ4v) is 12.7. The number of hydrogen-bond acceptors (Lipinski definition) is 10. The molecule has 394 valence electrons. The first kappa shape index (κ1) is 53.8. The van der Waals surface area contributed by atoms with Crippen molar-refractivity contribution in [1.82, 2.24) is 26.2 Å². The third-order valence-corrected chi connectivity index (χ3v) is 16.6. The van der Waals surface area contributed by atoms with Gasteiger partial charge in [-0.3, -0.25) is 24.1 Å². The van der Waals surface area contributed by atoms with Crippen molar-refractivity contribution in [2.75, 3.05) is 31.3 Å². The number of para-hydroxylation sites is 1. The summed E-state index contributed by atoms with van der Waals surface area (Å²) in [5.41, 5.74) is 4.27. The van der Waals surface area contributed by atoms with Crippen molar-refractivity contribution in [3.63, 3.8) is 0 Å². The Balaban J connectivity index is 0.912. The van der Waals surface area contributed by atoms with Crippen molar-refractivity contribution in [3.8, 4) is 0 Å². The van der Waals surface area contributed by atoms with Crippen LogP contribution in [0.25, 0.3) is 0 Å². The van der Waals surface area contributed by atoms with Gasteiger partial charge in [-0.15, -0.1) is 11.8 Å². The Hall–Kier alpha value is -8.04. The molecule has 0 saturated carbocycles. The van der Waals surface area contributed by atoms with Crippen molar-refractivity contribution < 1.29 is 33.8 Å². The van der Waals surface area contributed by atoms with Gasteiger partial charge in [-0.2, -0.15) is 0 Å². The Kier molecular flexibility index (Phi) is 16.7. The fraction of sp³-hybridized carbons (Fsp3) is 0.254. The predicted molar refractivity (Wildman–Crippen MR) is 300 cm³/mol. The number of carbonyl (C=O) groups is 5. The number of methoxy groups -OCH3 is 1. The van der Waals surface area contributed by atoms with E-state index in [-0.39, 0.29) is 18.1 Å². The first-order chi connectivity index (χ1) is 37.4. The second-order valence-electron chi connectivity index (χ2n) is 19.6. The summed E-state index contributed by atoms with van der Waals surface area (Å²) in [6.45, 7) is 2.71. The maximum absolute atomic E-state index is 15.0. The summed E-state index contributed by atoms with van der Waals surface area (Å²) in [5.74, 6) is -3.31. The van der Waals surface area contributed by atoms with E-state index in [2.05, 4.69) is 31.5 Å². The molecule has 2 aliphatic heterocycles. The lowest BCUT2D eigenvalue weighted by molar-refractivity contribution is -0.144. The molecular formula is C63H64N6O7S. The van der Waals surface area contributed by atoms with Gasteiger partial charge in [0.2, 0.25) is 23.6 Å². The molecule has 5 unspecified atom stereocenters. The van der Waals surface area contributed by atoms with Crippen molar-refractivity contribution in [1.29, 1.82) is 0 Å². The van der Waals surface area contributed by atoms with Crippen LogP contribution in [0, 0.1) is 5.92 Å². The first-order valence-corrected chi connectivity index (χ1v) is 27.0. The van der Waals surface area contributed by atoms with Crippen LogP contribution in [-0.2, 0) is 44.6 Å². The highest BCUT2D eigenvalue weighted by molar-refractivity contribution is 8.00. The van der Waals surface area contributed by atoms with E-state index in [0.29, 0.717) is 12.0 Å². The fourth-order valence-electron chi connectivity index (χ4n) is 11.1. The van der Waals surface area contributed by atoms with E-state index in [9.17, 15) is 24.3 Å². The maximum atomic E-state index is 15.0. The van der Waals surface area contributed by atoms with E-state index in [0.717, 1.165) is 39.1 Å². The molecule has 6 atom stereocenters. The summed E-state index contributed by atoms with van der Waals surface area (Å²) >= 11 is 1.48. The standard InChI is InChI=1S/C63H64N6O7S/c1-4-43(2)56(58(73)65-40-54(70)66-52(59(74)76-3)42-77-63(47-31-17-8-18-32-47,48-33-19-9-20-34-48)49-35-21-10-22-36-49)68-55(71)41-64-57(72)53-39-61(75)50-37-23-24-38-51(50)67-60(61)69(53)62(44-25-11-5-12-26-44,45-27-13-6-14-28-45)46-29-15-7-16-30-46/h5-38,43,52-53,56,60,67,75H,4,39-42H2,1-3H3,(H,64,72)(H,65,73)(H,66,70)(H,68,71)/t43-,52?,53?,56?,60?,61?/m0/s1. The number of likely N-dealkylation sites (tertiary alicyclic amines) is 1. The van der Waals surface area contributed by atoms with Crippen LogP contribution in [-0.4, -0.2) is 89.8 Å². The summed E-state index contributed by atoms with van der Waals surface area (Å²) in [6.07, 6.45) is -0.308. The molecule has 9 rings (SSSR count). The molecule has 1 fully saturated rings. The van der Waals surface area contributed by atoms with Crippen LogP contribution in [0.1, 0.15) is 65.6 Å². The highest BCUT2D eigenvalue weighted by Gasteiger charge is 2.64. The monoisotopic (exact) mass is 1050 g/mol. The number of benzene rings is 7. The molecule has 14 heteroatoms. The number of anilines is 1. The Morgan fingerprint density at radius 2 is 1.06 bits per heavy atom. The van der Waals surface area contributed by atoms with Gasteiger partial charge >= 0.3 is 5.97 Å². The molecule has 0 aromatic heterocycles. The van der Waals surface area contributed by atoms with Crippen molar-refractivity contribution in [2.24, 2.45) is 5.92 Å². The summed E-state index contributed by atoms with van der Waals surface area (Å²) in [6, 6.07) is 64.0. The number of amides is 4. The Labute approximate surface area is 454 Å². The van der Waals surface area contributed by atoms with Crippen LogP contribution in [0.15, 0.2) is 206 Å². The van der Waals surface area contributed by atoms with Gasteiger partial charge in [0.15, 0.2) is 0 Å². The Bertz CT molecular complexity index is 2950. The van der Waals surface area contributed by atoms with E-state index in [1.807, 2.05) is 220 Å². The minimum absolute atomic E-state index is 0.00712. The molecule has 0 aliphatic carbocycles. The number of thioether (sulfide) groups is 1. The molecule has 77 heavy (non-hydrogen) atoms. The van der Waals surface area contributed by atoms with Crippen molar-refractivity contribution in [3.05, 3.63) is 245 Å². The summed E-state index contributed by atoms with van der Waals surface area (Å²) in [7, 11) is 1.26. The number of carbonyl (C=O) groups excluding carboxylic acids is 5. The van der Waals surface area contributed by atoms with E-state index in [4.69, 9.17) is 4.74 Å². The van der Waals surface area contributed by atoms with Gasteiger partial charge in [-0.1, -0.05) is 220 Å². The first-order valence-electron chi connectivity index (χ1n) is 26.0. The number of nitrogens with zero attached hydrogens (tertiary/aromatic N) is 1. The summed E-state index contributed by atoms with van der Waals surface area (Å²) in [5, 5.41) is 27.7. The summed E-state index contributed by atoms with van der Waals surface area (Å²) < 4.78 is 4.41. The molecule has 7 aromatic rings. The molecule has 1 saturated heterocycles. The highest BCUT2D eigenvalue weighted by Crippen LogP contribution is 2.56. The minimum Gasteiger partial charge on any atom is -0.467 e. The van der Waals surface area contributed by atoms with Gasteiger partial charge in [0.1, 0.15) is 23.9 Å². The smallest absolute Gasteiger partial charge is 0.329 e. The second kappa shape index (κ2) is 23.9. The van der Waals surface area contributed by atoms with E-state index < -0.39 is 82.9 Å². The molecular weight excluding hydrogens is 985 g/mol. The zero-order valence-electron chi connectivity index (χ0n) is 43.3. The number of aliphatic hydroxyl groups is 1. The van der Waals surface area contributed by atoms with E-state index in [1.54, 1.807) is 0 Å². The lowest BCUT2D eigenvalue weighted by atomic mass is 9.74. The van der Waals surface area contributed by atoms with Gasteiger partial charge in [0.25, 0.3) is 0 Å². The minimum atomic E-state index is -1.52. The Morgan fingerprint density at radius 1 is 0.636 bits per heavy atom. The van der Waals surface area contributed by atoms with Crippen molar-refractivity contribution in [2.45, 2.75) is 66.9 Å². The van der Waals surface area contributed by atoms with Gasteiger partial charge in [0, 0.05) is 23.4 Å². The predicted octanol–water partition coefficient (Wildman–Crippen LogP) is 7.84. The van der Waals surface area contributed by atoms with Crippen LogP contribution in [0.5, 0.6) is 0 Å². The SMILES string of the molecule is CC[C@H](C)C(NC(=O)CNC(=O)C1CC2(O)c3ccccc3NC2N1C(c1ccccc1)(c1ccccc1)c1ccccc1)C(=O)NCC(=O)NC(CSC(c1ccccc1)(c1ccccc1)c1ccccc1)C(=O)OC. The van der Waals surface area contributed by atoms with Crippen LogP contribution in [0.4, 0.5) is 5.69 Å². The number of fused-ring (bicyclic) bond motifs is 3. The van der Waals surface area contributed by atoms with Crippen LogP contribution >= 0.6 is 11.8 Å². The number of nitrogens with one attached hydrogen (secondary N) is 5. The molecule has 13 nitrogen and oxygen atoms in total. The average molecular weight is 1050 g/mol. The molecule has 0 bridgehead atoms. The summed E-state index contributed by atoms with van der Waals surface area (Å²) in [4.78, 5) is 72.2. The van der Waals surface area contributed by atoms with Crippen LogP contribution in [0.3, 0.4) is 0 Å². The normalized spacial score (nSPS) is 18.0. The lowest BCUT2D eigenvalue weighted by Crippen LogP contribution is -2.60. The Morgan fingerprint density at radius 3 is 1.53 bits per heavy atom. The quantitative estimate of drug-likeness (QED) is 0.0307. The molecule has 0 spiro atoms. The average Bonchev–Trinajstić information content (AvgIpc) is 4.19. The molecule has 0 radical (unpaired) electrons. The van der Waals surface area contributed by atoms with Gasteiger partial charge in [0.05, 0.1) is 36.5 Å². The zero-order valence-corrected chi connectivity index (χ0v) is 44.1. The molecule has 6 N–H and O–H groups in total. The van der Waals surface area contributed by atoms with Gasteiger partial charge < -0.3 is 36.4 Å². The zero-order chi connectivity index (χ0) is 54.0.